The van der Waals surface area contributed by atoms with Crippen LogP contribution in [0.4, 0.5) is 4.79 Å². The van der Waals surface area contributed by atoms with Crippen molar-refractivity contribution in [3.05, 3.63) is 70.3 Å². The van der Waals surface area contributed by atoms with Gasteiger partial charge in [-0.05, 0) is 40.3 Å². The molecule has 3 rings (SSSR count). The smallest absolute Gasteiger partial charge is 0.312 e. The molecule has 176 valence electrons. The van der Waals surface area contributed by atoms with E-state index in [4.69, 9.17) is 10.5 Å². The van der Waals surface area contributed by atoms with E-state index in [1.807, 2.05) is 30.3 Å². The van der Waals surface area contributed by atoms with Gasteiger partial charge in [0, 0.05) is 12.1 Å². The van der Waals surface area contributed by atoms with Crippen LogP contribution in [-0.2, 0) is 22.7 Å². The highest BCUT2D eigenvalue weighted by Crippen LogP contribution is 2.22. The second-order valence-electron chi connectivity index (χ2n) is 8.31. The van der Waals surface area contributed by atoms with E-state index in [1.54, 1.807) is 12.1 Å². The number of amides is 4. The number of nitrogens with one attached hydrogen (secondary N) is 3. The molecule has 0 bridgehead atoms. The van der Waals surface area contributed by atoms with Gasteiger partial charge in [0.15, 0.2) is 0 Å². The highest BCUT2D eigenvalue weighted by Gasteiger charge is 2.24. The monoisotopic (exact) mass is 454 g/mol. The number of ether oxygens (including phenoxy) is 1. The molecule has 1 heterocycles. The third kappa shape index (κ3) is 6.30. The molecule has 2 aromatic rings. The van der Waals surface area contributed by atoms with Gasteiger partial charge in [-0.2, -0.15) is 0 Å². The Kier molecular flexibility index (Phi) is 8.02. The van der Waals surface area contributed by atoms with Crippen LogP contribution in [0.1, 0.15) is 58.4 Å². The number of carbonyl (C=O) groups is 3. The Labute approximate surface area is 192 Å². The van der Waals surface area contributed by atoms with Crippen molar-refractivity contribution < 1.29 is 24.2 Å². The minimum Gasteiger partial charge on any atom is -0.394 e. The maximum absolute atomic E-state index is 12.8. The quantitative estimate of drug-likeness (QED) is 0.390. The van der Waals surface area contributed by atoms with Gasteiger partial charge >= 0.3 is 6.03 Å². The zero-order valence-corrected chi connectivity index (χ0v) is 18.8. The van der Waals surface area contributed by atoms with Crippen molar-refractivity contribution >= 4 is 17.8 Å². The van der Waals surface area contributed by atoms with Crippen LogP contribution < -0.4 is 21.7 Å². The molecular weight excluding hydrogens is 424 g/mol. The largest absolute Gasteiger partial charge is 0.394 e. The summed E-state index contributed by atoms with van der Waals surface area (Å²) in [5, 5.41) is 17.3. The Balaban J connectivity index is 1.75. The molecule has 6 N–H and O–H groups in total. The molecule has 4 amide bonds. The molecule has 0 saturated carbocycles. The summed E-state index contributed by atoms with van der Waals surface area (Å²) in [5.74, 6) is -0.552. The fourth-order valence-electron chi connectivity index (χ4n) is 3.61. The molecule has 2 unspecified atom stereocenters. The molecule has 9 heteroatoms. The molecule has 2 aromatic carbocycles. The zero-order chi connectivity index (χ0) is 24.0. The van der Waals surface area contributed by atoms with E-state index in [-0.39, 0.29) is 12.5 Å². The predicted octanol–water partition coefficient (Wildman–Crippen LogP) is 1.46. The minimum atomic E-state index is -1.20. The van der Waals surface area contributed by atoms with Gasteiger partial charge in [0.1, 0.15) is 6.04 Å². The highest BCUT2D eigenvalue weighted by molar-refractivity contribution is 5.94. The summed E-state index contributed by atoms with van der Waals surface area (Å²) in [7, 11) is 0. The van der Waals surface area contributed by atoms with Crippen LogP contribution in [0.5, 0.6) is 0 Å². The number of primary amides is 1. The van der Waals surface area contributed by atoms with E-state index in [2.05, 4.69) is 29.8 Å². The summed E-state index contributed by atoms with van der Waals surface area (Å²) in [6.45, 7) is 4.68. The van der Waals surface area contributed by atoms with Crippen LogP contribution in [0.3, 0.4) is 0 Å². The number of hydrogen-bond acceptors (Lipinski definition) is 5. The average Bonchev–Trinajstić information content (AvgIpc) is 3.27. The summed E-state index contributed by atoms with van der Waals surface area (Å²) in [6, 6.07) is 10.4. The van der Waals surface area contributed by atoms with Gasteiger partial charge in [-0.15, -0.1) is 0 Å². The van der Waals surface area contributed by atoms with Gasteiger partial charge in [-0.3, -0.25) is 9.59 Å². The van der Waals surface area contributed by atoms with Crippen molar-refractivity contribution in [1.82, 2.24) is 16.0 Å². The molecule has 1 aliphatic heterocycles. The first-order valence-corrected chi connectivity index (χ1v) is 10.8. The van der Waals surface area contributed by atoms with Crippen LogP contribution >= 0.6 is 0 Å². The first-order valence-electron chi connectivity index (χ1n) is 10.8. The number of hydrogen-bond donors (Lipinski definition) is 5. The topological polar surface area (TPSA) is 143 Å². The van der Waals surface area contributed by atoms with Crippen molar-refractivity contribution in [1.29, 1.82) is 0 Å². The molecule has 9 nitrogen and oxygen atoms in total. The second kappa shape index (κ2) is 10.9. The summed E-state index contributed by atoms with van der Waals surface area (Å²) in [4.78, 5) is 36.5. The lowest BCUT2D eigenvalue weighted by molar-refractivity contribution is -0.124. The third-order valence-corrected chi connectivity index (χ3v) is 5.59. The normalized spacial score (nSPS) is 14.3. The predicted molar refractivity (Wildman–Crippen MR) is 122 cm³/mol. The molecule has 0 fully saturated rings. The van der Waals surface area contributed by atoms with E-state index in [9.17, 15) is 19.5 Å². The van der Waals surface area contributed by atoms with E-state index >= 15 is 0 Å². The van der Waals surface area contributed by atoms with Crippen LogP contribution in [0.2, 0.25) is 0 Å². The Morgan fingerprint density at radius 2 is 1.67 bits per heavy atom. The molecule has 33 heavy (non-hydrogen) atoms. The Morgan fingerprint density at radius 3 is 2.30 bits per heavy atom. The summed E-state index contributed by atoms with van der Waals surface area (Å²) in [6.07, 6.45) is 0. The van der Waals surface area contributed by atoms with Crippen LogP contribution in [-0.4, -0.2) is 42.1 Å². The van der Waals surface area contributed by atoms with Gasteiger partial charge in [0.2, 0.25) is 5.91 Å². The summed E-state index contributed by atoms with van der Waals surface area (Å²) >= 11 is 0. The van der Waals surface area contributed by atoms with Gasteiger partial charge in [-0.25, -0.2) is 4.79 Å². The van der Waals surface area contributed by atoms with Crippen LogP contribution in [0, 0.1) is 0 Å². The Bertz CT molecular complexity index is 1010. The molecule has 1 aliphatic rings. The molecule has 0 saturated heterocycles. The molecule has 0 aromatic heterocycles. The average molecular weight is 455 g/mol. The maximum Gasteiger partial charge on any atom is 0.312 e. The number of carbonyl (C=O) groups excluding carboxylic acids is 3. The van der Waals surface area contributed by atoms with E-state index in [0.717, 1.165) is 22.3 Å². The standard InChI is InChI=1S/C24H30N4O5/c1-14(2)15-3-5-16(6-4-15)20(27-23(31)21(11-29)28-24(25)32)10-26-22(30)17-7-8-18-12-33-13-19(18)9-17/h3-9,14,20-21,29H,10-13H2,1-2H3,(H,26,30)(H,27,31)(H3,25,28,32). The van der Waals surface area contributed by atoms with Crippen molar-refractivity contribution in [3.8, 4) is 0 Å². The van der Waals surface area contributed by atoms with E-state index in [1.165, 1.54) is 0 Å². The number of urea groups is 1. The summed E-state index contributed by atoms with van der Waals surface area (Å²) < 4.78 is 5.40. The van der Waals surface area contributed by atoms with Crippen molar-refractivity contribution in [2.75, 3.05) is 13.2 Å². The number of benzene rings is 2. The lowest BCUT2D eigenvalue weighted by atomic mass is 9.98. The molecule has 2 atom stereocenters. The van der Waals surface area contributed by atoms with Crippen molar-refractivity contribution in [3.63, 3.8) is 0 Å². The van der Waals surface area contributed by atoms with Gasteiger partial charge in [0.25, 0.3) is 5.91 Å². The molecule has 0 aliphatic carbocycles. The number of aliphatic hydroxyl groups excluding tert-OH is 1. The highest BCUT2D eigenvalue weighted by atomic mass is 16.5. The van der Waals surface area contributed by atoms with E-state index < -0.39 is 30.6 Å². The molecule has 0 radical (unpaired) electrons. The SMILES string of the molecule is CC(C)c1ccc(C(CNC(=O)c2ccc3c(c2)COC3)NC(=O)C(CO)NC(N)=O)cc1. The minimum absolute atomic E-state index is 0.105. The zero-order valence-electron chi connectivity index (χ0n) is 18.8. The number of rotatable bonds is 9. The Hall–Kier alpha value is -3.43. The van der Waals surface area contributed by atoms with Crippen LogP contribution in [0.15, 0.2) is 42.5 Å². The lowest BCUT2D eigenvalue weighted by Crippen LogP contribution is -2.52. The lowest BCUT2D eigenvalue weighted by Gasteiger charge is -2.23. The number of fused-ring (bicyclic) bond motifs is 1. The van der Waals surface area contributed by atoms with Gasteiger partial charge in [-0.1, -0.05) is 44.2 Å². The van der Waals surface area contributed by atoms with Crippen molar-refractivity contribution in [2.45, 2.75) is 45.1 Å². The Morgan fingerprint density at radius 1 is 1.00 bits per heavy atom. The van der Waals surface area contributed by atoms with Gasteiger partial charge in [0.05, 0.1) is 25.9 Å². The number of nitrogens with two attached hydrogens (primary N) is 1. The van der Waals surface area contributed by atoms with E-state index in [0.29, 0.717) is 24.7 Å². The molecule has 0 spiro atoms. The van der Waals surface area contributed by atoms with Crippen molar-refractivity contribution in [2.24, 2.45) is 5.73 Å². The summed E-state index contributed by atoms with van der Waals surface area (Å²) in [5.41, 5.74) is 9.55. The van der Waals surface area contributed by atoms with Gasteiger partial charge < -0.3 is 31.5 Å². The number of aliphatic hydroxyl groups is 1. The fourth-order valence-corrected chi connectivity index (χ4v) is 3.61. The second-order valence-corrected chi connectivity index (χ2v) is 8.31. The molecular formula is C24H30N4O5. The maximum atomic E-state index is 12.8. The first-order chi connectivity index (χ1) is 15.8. The first kappa shape index (κ1) is 24.2. The fraction of sp³-hybridized carbons (Fsp3) is 0.375. The third-order valence-electron chi connectivity index (χ3n) is 5.59. The van der Waals surface area contributed by atoms with Crippen LogP contribution in [0.25, 0.3) is 0 Å².